The van der Waals surface area contributed by atoms with E-state index in [1.807, 2.05) is 56.3 Å². The number of hydrogen-bond donors (Lipinski definition) is 1. The highest BCUT2D eigenvalue weighted by molar-refractivity contribution is 6.02. The van der Waals surface area contributed by atoms with E-state index >= 15 is 0 Å². The highest BCUT2D eigenvalue weighted by Gasteiger charge is 2.07. The van der Waals surface area contributed by atoms with Gasteiger partial charge in [0.25, 0.3) is 0 Å². The van der Waals surface area contributed by atoms with Crippen molar-refractivity contribution in [2.45, 2.75) is 20.0 Å². The molecule has 0 spiro atoms. The number of anilines is 1. The summed E-state index contributed by atoms with van der Waals surface area (Å²) in [4.78, 5) is 16.1. The van der Waals surface area contributed by atoms with Crippen LogP contribution in [0.4, 0.5) is 5.69 Å². The standard InChI is InChI=1S/C21H22N4O3/c1-15(2)28-19-10-4-16(12-20(19)27-3)5-11-21(26)24-17-6-8-18(9-7-17)25-14-22-13-23-25/h4-15H,1-3H3,(H,24,26)/b11-5+. The molecule has 144 valence electrons. The van der Waals surface area contributed by atoms with Crippen LogP contribution >= 0.6 is 0 Å². The molecule has 2 aromatic carbocycles. The molecule has 0 saturated heterocycles. The van der Waals surface area contributed by atoms with E-state index in [0.29, 0.717) is 17.2 Å². The van der Waals surface area contributed by atoms with Gasteiger partial charge < -0.3 is 14.8 Å². The maximum absolute atomic E-state index is 12.2. The van der Waals surface area contributed by atoms with Gasteiger partial charge in [0.15, 0.2) is 11.5 Å². The van der Waals surface area contributed by atoms with Crippen LogP contribution in [-0.4, -0.2) is 33.9 Å². The Morgan fingerprint density at radius 1 is 1.14 bits per heavy atom. The molecule has 1 amide bonds. The second kappa shape index (κ2) is 8.85. The molecule has 0 unspecified atom stereocenters. The molecule has 0 aliphatic carbocycles. The number of aromatic nitrogens is 3. The SMILES string of the molecule is COc1cc(/C=C/C(=O)Nc2ccc(-n3cncn3)cc2)ccc1OC(C)C. The normalized spacial score (nSPS) is 11.0. The fourth-order valence-corrected chi connectivity index (χ4v) is 2.53. The largest absolute Gasteiger partial charge is 0.493 e. The topological polar surface area (TPSA) is 78.3 Å². The number of nitrogens with zero attached hydrogens (tertiary/aromatic N) is 3. The number of amides is 1. The molecular formula is C21H22N4O3. The number of nitrogens with one attached hydrogen (secondary N) is 1. The third kappa shape index (κ3) is 4.97. The Bertz CT molecular complexity index is 948. The van der Waals surface area contributed by atoms with E-state index in [1.54, 1.807) is 24.2 Å². The minimum atomic E-state index is -0.227. The first-order valence-corrected chi connectivity index (χ1v) is 8.84. The maximum atomic E-state index is 12.2. The van der Waals surface area contributed by atoms with Gasteiger partial charge in [0.1, 0.15) is 12.7 Å². The van der Waals surface area contributed by atoms with E-state index in [0.717, 1.165) is 11.3 Å². The fraction of sp³-hybridized carbons (Fsp3) is 0.190. The molecule has 7 heteroatoms. The van der Waals surface area contributed by atoms with Crippen molar-refractivity contribution in [2.75, 3.05) is 12.4 Å². The summed E-state index contributed by atoms with van der Waals surface area (Å²) in [5.74, 6) is 1.07. The van der Waals surface area contributed by atoms with Crippen molar-refractivity contribution >= 4 is 17.7 Å². The van der Waals surface area contributed by atoms with Crippen LogP contribution in [0.15, 0.2) is 61.2 Å². The van der Waals surface area contributed by atoms with Crippen molar-refractivity contribution in [1.29, 1.82) is 0 Å². The predicted octanol–water partition coefficient (Wildman–Crippen LogP) is 3.72. The third-order valence-electron chi connectivity index (χ3n) is 3.80. The summed E-state index contributed by atoms with van der Waals surface area (Å²) in [6.07, 6.45) is 6.33. The molecule has 7 nitrogen and oxygen atoms in total. The second-order valence-corrected chi connectivity index (χ2v) is 6.29. The van der Waals surface area contributed by atoms with Gasteiger partial charge in [-0.1, -0.05) is 6.07 Å². The van der Waals surface area contributed by atoms with Gasteiger partial charge in [-0.2, -0.15) is 5.10 Å². The lowest BCUT2D eigenvalue weighted by Crippen LogP contribution is -2.08. The Labute approximate surface area is 163 Å². The zero-order chi connectivity index (χ0) is 19.9. The molecule has 0 bridgehead atoms. The second-order valence-electron chi connectivity index (χ2n) is 6.29. The van der Waals surface area contributed by atoms with E-state index in [1.165, 1.54) is 12.4 Å². The van der Waals surface area contributed by atoms with Crippen LogP contribution < -0.4 is 14.8 Å². The summed E-state index contributed by atoms with van der Waals surface area (Å²) in [5, 5.41) is 6.89. The summed E-state index contributed by atoms with van der Waals surface area (Å²) in [5.41, 5.74) is 2.39. The highest BCUT2D eigenvalue weighted by Crippen LogP contribution is 2.29. The van der Waals surface area contributed by atoms with Crippen LogP contribution in [0.3, 0.4) is 0 Å². The molecule has 1 aromatic heterocycles. The van der Waals surface area contributed by atoms with Gasteiger partial charge in [-0.25, -0.2) is 9.67 Å². The molecule has 0 fully saturated rings. The molecule has 3 rings (SSSR count). The van der Waals surface area contributed by atoms with Crippen molar-refractivity contribution in [1.82, 2.24) is 14.8 Å². The number of ether oxygens (including phenoxy) is 2. The summed E-state index contributed by atoms with van der Waals surface area (Å²) < 4.78 is 12.7. The number of carbonyl (C=O) groups excluding carboxylic acids is 1. The number of hydrogen-bond acceptors (Lipinski definition) is 5. The van der Waals surface area contributed by atoms with Crippen LogP contribution in [0, 0.1) is 0 Å². The molecule has 1 heterocycles. The Hall–Kier alpha value is -3.61. The maximum Gasteiger partial charge on any atom is 0.248 e. The van der Waals surface area contributed by atoms with E-state index in [-0.39, 0.29) is 12.0 Å². The first kappa shape index (κ1) is 19.2. The predicted molar refractivity (Wildman–Crippen MR) is 108 cm³/mol. The highest BCUT2D eigenvalue weighted by atomic mass is 16.5. The average molecular weight is 378 g/mol. The van der Waals surface area contributed by atoms with Crippen molar-refractivity contribution in [2.24, 2.45) is 0 Å². The summed E-state index contributed by atoms with van der Waals surface area (Å²) in [7, 11) is 1.59. The van der Waals surface area contributed by atoms with Gasteiger partial charge in [-0.3, -0.25) is 4.79 Å². The summed E-state index contributed by atoms with van der Waals surface area (Å²) in [6.45, 7) is 3.91. The van der Waals surface area contributed by atoms with Gasteiger partial charge in [-0.15, -0.1) is 0 Å². The lowest BCUT2D eigenvalue weighted by atomic mass is 10.2. The molecular weight excluding hydrogens is 356 g/mol. The van der Waals surface area contributed by atoms with Crippen molar-refractivity contribution in [3.05, 3.63) is 66.8 Å². The molecule has 0 radical (unpaired) electrons. The lowest BCUT2D eigenvalue weighted by Gasteiger charge is -2.13. The fourth-order valence-electron chi connectivity index (χ4n) is 2.53. The van der Waals surface area contributed by atoms with Crippen LogP contribution in [0.5, 0.6) is 11.5 Å². The average Bonchev–Trinajstić information content (AvgIpc) is 3.22. The van der Waals surface area contributed by atoms with E-state index in [9.17, 15) is 4.79 Å². The molecule has 1 N–H and O–H groups in total. The lowest BCUT2D eigenvalue weighted by molar-refractivity contribution is -0.111. The number of benzene rings is 2. The Kier molecular flexibility index (Phi) is 6.06. The first-order chi connectivity index (χ1) is 13.5. The van der Waals surface area contributed by atoms with Crippen molar-refractivity contribution in [3.63, 3.8) is 0 Å². The van der Waals surface area contributed by atoms with Crippen LogP contribution in [0.2, 0.25) is 0 Å². The molecule has 0 aliphatic rings. The monoisotopic (exact) mass is 378 g/mol. The van der Waals surface area contributed by atoms with Gasteiger partial charge in [0, 0.05) is 11.8 Å². The van der Waals surface area contributed by atoms with Crippen LogP contribution in [0.25, 0.3) is 11.8 Å². The van der Waals surface area contributed by atoms with Gasteiger partial charge >= 0.3 is 0 Å². The van der Waals surface area contributed by atoms with Crippen molar-refractivity contribution < 1.29 is 14.3 Å². The van der Waals surface area contributed by atoms with Crippen LogP contribution in [0.1, 0.15) is 19.4 Å². The minimum Gasteiger partial charge on any atom is -0.493 e. The first-order valence-electron chi connectivity index (χ1n) is 8.84. The summed E-state index contributed by atoms with van der Waals surface area (Å²) >= 11 is 0. The number of methoxy groups -OCH3 is 1. The third-order valence-corrected chi connectivity index (χ3v) is 3.80. The zero-order valence-corrected chi connectivity index (χ0v) is 16.0. The van der Waals surface area contributed by atoms with E-state index in [4.69, 9.17) is 9.47 Å². The van der Waals surface area contributed by atoms with Gasteiger partial charge in [0.05, 0.1) is 18.9 Å². The minimum absolute atomic E-state index is 0.0528. The van der Waals surface area contributed by atoms with E-state index < -0.39 is 0 Å². The summed E-state index contributed by atoms with van der Waals surface area (Å²) in [6, 6.07) is 12.9. The zero-order valence-electron chi connectivity index (χ0n) is 16.0. The number of carbonyl (C=O) groups is 1. The van der Waals surface area contributed by atoms with Gasteiger partial charge in [-0.05, 0) is 61.9 Å². The number of rotatable bonds is 7. The smallest absolute Gasteiger partial charge is 0.248 e. The molecule has 28 heavy (non-hydrogen) atoms. The van der Waals surface area contributed by atoms with Gasteiger partial charge in [0.2, 0.25) is 5.91 Å². The van der Waals surface area contributed by atoms with Crippen LogP contribution in [-0.2, 0) is 4.79 Å². The van der Waals surface area contributed by atoms with E-state index in [2.05, 4.69) is 15.4 Å². The quantitative estimate of drug-likeness (QED) is 0.634. The van der Waals surface area contributed by atoms with Crippen molar-refractivity contribution in [3.8, 4) is 17.2 Å². The Morgan fingerprint density at radius 3 is 2.57 bits per heavy atom. The molecule has 3 aromatic rings. The molecule has 0 atom stereocenters. The Morgan fingerprint density at radius 2 is 1.93 bits per heavy atom. The molecule has 0 aliphatic heterocycles. The molecule has 0 saturated carbocycles. The Balaban J connectivity index is 1.63.